The number of halogens is 1. The van der Waals surface area contributed by atoms with Gasteiger partial charge in [0, 0.05) is 43.1 Å². The molecule has 0 bridgehead atoms. The van der Waals surface area contributed by atoms with E-state index in [-0.39, 0.29) is 12.1 Å². The fraction of sp³-hybridized carbons (Fsp3) is 0.353. The van der Waals surface area contributed by atoms with Crippen LogP contribution in [0.3, 0.4) is 0 Å². The molecular formula is C17H21ClN6O. The molecule has 1 aromatic carbocycles. The normalized spacial score (nSPS) is 15.5. The summed E-state index contributed by atoms with van der Waals surface area (Å²) in [6, 6.07) is 7.83. The van der Waals surface area contributed by atoms with Gasteiger partial charge in [0.05, 0.1) is 12.1 Å². The van der Waals surface area contributed by atoms with Crippen molar-refractivity contribution in [2.75, 3.05) is 31.1 Å². The van der Waals surface area contributed by atoms with E-state index < -0.39 is 0 Å². The van der Waals surface area contributed by atoms with Crippen molar-refractivity contribution in [3.63, 3.8) is 0 Å². The molecule has 1 fully saturated rings. The van der Waals surface area contributed by atoms with Gasteiger partial charge in [-0.2, -0.15) is 0 Å². The number of hydrogen-bond donors (Lipinski definition) is 2. The van der Waals surface area contributed by atoms with Crippen LogP contribution in [0.1, 0.15) is 11.4 Å². The van der Waals surface area contributed by atoms with Gasteiger partial charge in [0.2, 0.25) is 0 Å². The van der Waals surface area contributed by atoms with Crippen LogP contribution in [0, 0.1) is 6.92 Å². The number of rotatable bonds is 3. The molecule has 0 unspecified atom stereocenters. The molecule has 0 aliphatic carbocycles. The van der Waals surface area contributed by atoms with E-state index in [2.05, 4.69) is 19.9 Å². The first-order valence-electron chi connectivity index (χ1n) is 8.13. The van der Waals surface area contributed by atoms with E-state index in [9.17, 15) is 4.79 Å². The van der Waals surface area contributed by atoms with Crippen LogP contribution in [0.4, 0.5) is 5.69 Å². The molecular weight excluding hydrogens is 340 g/mol. The molecule has 1 aromatic heterocycles. The van der Waals surface area contributed by atoms with E-state index in [1.807, 2.05) is 29.2 Å². The highest BCUT2D eigenvalue weighted by Crippen LogP contribution is 2.19. The van der Waals surface area contributed by atoms with Crippen LogP contribution in [-0.4, -0.2) is 47.0 Å². The van der Waals surface area contributed by atoms with Crippen LogP contribution >= 0.6 is 11.6 Å². The summed E-state index contributed by atoms with van der Waals surface area (Å²) < 4.78 is 0. The van der Waals surface area contributed by atoms with Gasteiger partial charge >= 0.3 is 0 Å². The van der Waals surface area contributed by atoms with Gasteiger partial charge in [-0.1, -0.05) is 11.6 Å². The zero-order chi connectivity index (χ0) is 17.8. The summed E-state index contributed by atoms with van der Waals surface area (Å²) >= 11 is 5.93. The van der Waals surface area contributed by atoms with Gasteiger partial charge in [-0.05, 0) is 31.2 Å². The van der Waals surface area contributed by atoms with Crippen molar-refractivity contribution in [2.45, 2.75) is 13.5 Å². The summed E-state index contributed by atoms with van der Waals surface area (Å²) in [7, 11) is 0. The number of benzene rings is 1. The number of hydrogen-bond acceptors (Lipinski definition) is 4. The molecule has 8 heteroatoms. The average molecular weight is 361 g/mol. The lowest BCUT2D eigenvalue weighted by atomic mass is 10.2. The van der Waals surface area contributed by atoms with Gasteiger partial charge in [0.1, 0.15) is 5.82 Å². The Labute approximate surface area is 151 Å². The second kappa shape index (κ2) is 7.57. The molecule has 0 saturated carbocycles. The van der Waals surface area contributed by atoms with E-state index in [1.54, 1.807) is 13.1 Å². The molecule has 3 rings (SSSR count). The van der Waals surface area contributed by atoms with Crippen molar-refractivity contribution in [2.24, 2.45) is 10.7 Å². The summed E-state index contributed by atoms with van der Waals surface area (Å²) in [6.07, 6.45) is 1.55. The number of aromatic nitrogens is 2. The highest BCUT2D eigenvalue weighted by atomic mass is 35.5. The van der Waals surface area contributed by atoms with Gasteiger partial charge in [-0.25, -0.2) is 9.98 Å². The second-order valence-electron chi connectivity index (χ2n) is 5.95. The molecule has 1 aliphatic heterocycles. The largest absolute Gasteiger partial charge is 0.370 e. The number of nitrogens with zero attached hydrogens (tertiary/aromatic N) is 4. The third-order valence-electron chi connectivity index (χ3n) is 4.21. The summed E-state index contributed by atoms with van der Waals surface area (Å²) in [4.78, 5) is 27.2. The number of piperazine rings is 1. The third-order valence-corrected chi connectivity index (χ3v) is 4.46. The minimum Gasteiger partial charge on any atom is -0.370 e. The summed E-state index contributed by atoms with van der Waals surface area (Å²) in [5.41, 5.74) is 7.58. The van der Waals surface area contributed by atoms with Crippen molar-refractivity contribution in [3.8, 4) is 0 Å². The summed E-state index contributed by atoms with van der Waals surface area (Å²) in [5.74, 6) is 1.04. The smallest absolute Gasteiger partial charge is 0.255 e. The maximum atomic E-state index is 11.8. The standard InChI is InChI=1S/C17H21ClN6O/c1-12-20-10-13(16(25)22-12)11-21-17(19)24-8-6-23(7-9-24)15-4-2-14(18)3-5-15/h2-5,10H,6-9,11H2,1H3,(H2,19,21)(H,20,22,25). The molecule has 0 radical (unpaired) electrons. The van der Waals surface area contributed by atoms with Crippen molar-refractivity contribution < 1.29 is 0 Å². The van der Waals surface area contributed by atoms with Gasteiger partial charge in [0.25, 0.3) is 5.56 Å². The third kappa shape index (κ3) is 4.30. The molecule has 0 atom stereocenters. The molecule has 1 aliphatic rings. The van der Waals surface area contributed by atoms with Crippen LogP contribution in [0.2, 0.25) is 5.02 Å². The topological polar surface area (TPSA) is 90.6 Å². The van der Waals surface area contributed by atoms with Crippen molar-refractivity contribution in [1.82, 2.24) is 14.9 Å². The zero-order valence-electron chi connectivity index (χ0n) is 14.1. The lowest BCUT2D eigenvalue weighted by Gasteiger charge is -2.36. The number of aromatic amines is 1. The fourth-order valence-corrected chi connectivity index (χ4v) is 2.86. The zero-order valence-corrected chi connectivity index (χ0v) is 14.8. The Balaban J connectivity index is 1.58. The summed E-state index contributed by atoms with van der Waals surface area (Å²) in [6.45, 7) is 5.23. The maximum absolute atomic E-state index is 11.8. The van der Waals surface area contributed by atoms with E-state index >= 15 is 0 Å². The molecule has 7 nitrogen and oxygen atoms in total. The number of anilines is 1. The number of guanidine groups is 1. The number of H-pyrrole nitrogens is 1. The highest BCUT2D eigenvalue weighted by Gasteiger charge is 2.18. The molecule has 2 aromatic rings. The Morgan fingerprint density at radius 1 is 1.28 bits per heavy atom. The molecule has 0 amide bonds. The Kier molecular flexibility index (Phi) is 5.23. The Bertz CT molecular complexity index is 809. The van der Waals surface area contributed by atoms with Gasteiger partial charge in [-0.15, -0.1) is 0 Å². The van der Waals surface area contributed by atoms with Crippen molar-refractivity contribution in [1.29, 1.82) is 0 Å². The van der Waals surface area contributed by atoms with Crippen molar-refractivity contribution in [3.05, 3.63) is 57.2 Å². The second-order valence-corrected chi connectivity index (χ2v) is 6.38. The minimum atomic E-state index is -0.170. The lowest BCUT2D eigenvalue weighted by molar-refractivity contribution is 0.380. The predicted molar refractivity (Wildman–Crippen MR) is 100 cm³/mol. The van der Waals surface area contributed by atoms with Crippen LogP contribution in [0.25, 0.3) is 0 Å². The van der Waals surface area contributed by atoms with Gasteiger partial charge in [0.15, 0.2) is 5.96 Å². The van der Waals surface area contributed by atoms with E-state index in [0.29, 0.717) is 17.3 Å². The molecule has 132 valence electrons. The first-order chi connectivity index (χ1) is 12.0. The van der Waals surface area contributed by atoms with Crippen LogP contribution in [0.15, 0.2) is 40.2 Å². The quantitative estimate of drug-likeness (QED) is 0.637. The predicted octanol–water partition coefficient (Wildman–Crippen LogP) is 1.37. The maximum Gasteiger partial charge on any atom is 0.255 e. The molecule has 1 saturated heterocycles. The van der Waals surface area contributed by atoms with E-state index in [4.69, 9.17) is 17.3 Å². The molecule has 3 N–H and O–H groups in total. The van der Waals surface area contributed by atoms with Crippen LogP contribution in [-0.2, 0) is 6.54 Å². The Hall–Kier alpha value is -2.54. The monoisotopic (exact) mass is 360 g/mol. The number of nitrogens with two attached hydrogens (primary N) is 1. The minimum absolute atomic E-state index is 0.170. The Morgan fingerprint density at radius 3 is 2.60 bits per heavy atom. The van der Waals surface area contributed by atoms with E-state index in [0.717, 1.165) is 36.9 Å². The van der Waals surface area contributed by atoms with Crippen LogP contribution in [0.5, 0.6) is 0 Å². The average Bonchev–Trinajstić information content (AvgIpc) is 2.61. The van der Waals surface area contributed by atoms with Crippen LogP contribution < -0.4 is 16.2 Å². The molecule has 2 heterocycles. The number of nitrogens with one attached hydrogen (secondary N) is 1. The summed E-state index contributed by atoms with van der Waals surface area (Å²) in [5, 5.41) is 0.736. The SMILES string of the molecule is Cc1ncc(CN=C(N)N2CCN(c3ccc(Cl)cc3)CC2)c(=O)[nH]1. The first kappa shape index (κ1) is 17.3. The first-order valence-corrected chi connectivity index (χ1v) is 8.51. The van der Waals surface area contributed by atoms with Gasteiger partial charge < -0.3 is 20.5 Å². The van der Waals surface area contributed by atoms with Gasteiger partial charge in [-0.3, -0.25) is 4.79 Å². The number of aryl methyl sites for hydroxylation is 1. The Morgan fingerprint density at radius 2 is 1.96 bits per heavy atom. The van der Waals surface area contributed by atoms with E-state index in [1.165, 1.54) is 0 Å². The molecule has 0 spiro atoms. The fourth-order valence-electron chi connectivity index (χ4n) is 2.73. The number of aliphatic imine (C=N–C) groups is 1. The lowest BCUT2D eigenvalue weighted by Crippen LogP contribution is -2.51. The molecule has 25 heavy (non-hydrogen) atoms. The highest BCUT2D eigenvalue weighted by molar-refractivity contribution is 6.30. The van der Waals surface area contributed by atoms with Crippen molar-refractivity contribution >= 4 is 23.2 Å².